The molecule has 1 aliphatic carbocycles. The van der Waals surface area contributed by atoms with E-state index in [1.165, 1.54) is 283 Å². The van der Waals surface area contributed by atoms with E-state index in [-0.39, 0.29) is 71.6 Å². The highest BCUT2D eigenvalue weighted by molar-refractivity contribution is 5.99. The van der Waals surface area contributed by atoms with Crippen molar-refractivity contribution in [1.82, 2.24) is 0 Å². The molecule has 2 unspecified atom stereocenters. The fourth-order valence-corrected chi connectivity index (χ4v) is 16.8. The molecule has 0 heterocycles. The van der Waals surface area contributed by atoms with Crippen LogP contribution in [0, 0.1) is 5.92 Å². The second kappa shape index (κ2) is 63.6. The molecule has 0 saturated carbocycles. The lowest BCUT2D eigenvalue weighted by molar-refractivity contribution is -0.115. The third kappa shape index (κ3) is 43.9. The molecule has 0 fully saturated rings. The standard InChI is InChI=1S/C101H166O8/c1-7-11-15-19-23-27-31-35-39-43-47-51-55-59-63-67-94(102)82(5)71-87-79-89-75-85(96(104)69-65-61-57-53-49-45-41-37-33-29-25-21-17-13-9-3)76-92(100(89)108)81-93-78-86(97(105)70-66-62-58-54-50-46-42-38-34-30-26-22-18-14-10-4)77-91(101(93)109)80-90-74-84(73-88(99(90)107)72-83(6)98(87)106)95(103)68-64-60-56-52-48-44-40-36-32-28-24-20-16-12-8-2/h71,73-78,83,98,106-109H,5,7-70,72,79-81H2,1-4,6H3/b87-71-. The number of aliphatic hydroxyl groups is 1. The highest BCUT2D eigenvalue weighted by Gasteiger charge is 2.28. The van der Waals surface area contributed by atoms with Gasteiger partial charge in [-0.05, 0) is 126 Å². The molecule has 1 aliphatic rings. The number of carbonyl (C=O) groups excluding carboxylic acids is 4. The van der Waals surface area contributed by atoms with E-state index in [1.54, 1.807) is 42.5 Å². The average Bonchev–Trinajstić information content (AvgIpc) is 0.783. The van der Waals surface area contributed by atoms with Gasteiger partial charge in [-0.3, -0.25) is 19.2 Å². The molecule has 0 spiro atoms. The Morgan fingerprint density at radius 3 is 0.734 bits per heavy atom. The van der Waals surface area contributed by atoms with Crippen LogP contribution in [0.1, 0.15) is 510 Å². The molecule has 0 amide bonds. The number of aromatic hydroxyl groups is 3. The summed E-state index contributed by atoms with van der Waals surface area (Å²) >= 11 is 0. The lowest BCUT2D eigenvalue weighted by atomic mass is 9.83. The van der Waals surface area contributed by atoms with Crippen LogP contribution in [-0.4, -0.2) is 49.7 Å². The fourth-order valence-electron chi connectivity index (χ4n) is 16.8. The first-order chi connectivity index (χ1) is 53.2. The van der Waals surface area contributed by atoms with Crippen molar-refractivity contribution in [1.29, 1.82) is 0 Å². The maximum absolute atomic E-state index is 14.6. The average molecular weight is 1510 g/mol. The Morgan fingerprint density at radius 2 is 0.495 bits per heavy atom. The van der Waals surface area contributed by atoms with Crippen molar-refractivity contribution in [2.75, 3.05) is 0 Å². The van der Waals surface area contributed by atoms with E-state index in [4.69, 9.17) is 0 Å². The summed E-state index contributed by atoms with van der Waals surface area (Å²) < 4.78 is 0. The molecule has 2 atom stereocenters. The number of hydrogen-bond donors (Lipinski definition) is 4. The molecule has 0 aliphatic heterocycles. The van der Waals surface area contributed by atoms with Gasteiger partial charge in [-0.1, -0.05) is 401 Å². The van der Waals surface area contributed by atoms with Crippen molar-refractivity contribution in [3.05, 3.63) is 110 Å². The molecule has 0 radical (unpaired) electrons. The first-order valence-electron chi connectivity index (χ1n) is 47.0. The molecule has 3 aromatic rings. The van der Waals surface area contributed by atoms with Crippen LogP contribution in [0.25, 0.3) is 0 Å². The minimum Gasteiger partial charge on any atom is -0.507 e. The Kier molecular flexibility index (Phi) is 56.3. The van der Waals surface area contributed by atoms with E-state index in [2.05, 4.69) is 34.3 Å². The van der Waals surface area contributed by atoms with Gasteiger partial charge in [0.15, 0.2) is 23.1 Å². The summed E-state index contributed by atoms with van der Waals surface area (Å²) in [6.45, 7) is 15.3. The van der Waals surface area contributed by atoms with Crippen molar-refractivity contribution in [3.63, 3.8) is 0 Å². The molecule has 0 aromatic heterocycles. The van der Waals surface area contributed by atoms with Crippen LogP contribution in [0.15, 0.2) is 60.2 Å². The van der Waals surface area contributed by atoms with Crippen LogP contribution >= 0.6 is 0 Å². The minimum atomic E-state index is -1.19. The number of hydrogen-bond acceptors (Lipinski definition) is 8. The van der Waals surface area contributed by atoms with Gasteiger partial charge in [0, 0.05) is 60.8 Å². The lowest BCUT2D eigenvalue weighted by Gasteiger charge is -2.25. The molecule has 6 bridgehead atoms. The summed E-state index contributed by atoms with van der Waals surface area (Å²) in [6, 6.07) is 10.5. The Balaban J connectivity index is 1.63. The largest absolute Gasteiger partial charge is 0.507 e. The number of phenols is 3. The maximum atomic E-state index is 14.6. The number of aliphatic hydroxyl groups excluding tert-OH is 1. The SMILES string of the molecule is C=C(/C=C1/Cc2cc(C(=O)CCCCCCCCCCCCCCCCC)cc(c2O)Cc2cc(C(=O)CCCCCCCCCCCCCCCCC)cc(c2O)Cc2cc(C(=O)CCCCCCCCCCCCCCCCC)cc(c2O)CC(C)C1O)C(=O)CCCCCCCCCCCCCCCCC. The van der Waals surface area contributed by atoms with Crippen LogP contribution in [0.5, 0.6) is 17.2 Å². The van der Waals surface area contributed by atoms with Crippen LogP contribution in [-0.2, 0) is 30.5 Å². The topological polar surface area (TPSA) is 149 Å². The van der Waals surface area contributed by atoms with Crippen molar-refractivity contribution in [3.8, 4) is 17.2 Å². The number of Topliss-reactive ketones (excluding diaryl/α,β-unsaturated/α-hetero) is 4. The number of phenolic OH excluding ortho intramolecular Hbond substituents is 3. The quantitative estimate of drug-likeness (QED) is 0.0248. The second-order valence-electron chi connectivity index (χ2n) is 34.3. The Hall–Kier alpha value is -4.82. The van der Waals surface area contributed by atoms with Crippen molar-refractivity contribution in [2.24, 2.45) is 5.92 Å². The zero-order valence-electron chi connectivity index (χ0n) is 71.4. The van der Waals surface area contributed by atoms with E-state index in [9.17, 15) is 39.6 Å². The molecular weight excluding hydrogens is 1340 g/mol. The van der Waals surface area contributed by atoms with Gasteiger partial charge in [-0.25, -0.2) is 0 Å². The summed E-state index contributed by atoms with van der Waals surface area (Å²) in [5, 5.41) is 50.7. The van der Waals surface area contributed by atoms with Crippen molar-refractivity contribution < 1.29 is 39.6 Å². The fraction of sp³-hybridized carbons (Fsp3) is 0.743. The molecule has 4 rings (SSSR count). The molecule has 109 heavy (non-hydrogen) atoms. The zero-order chi connectivity index (χ0) is 78.6. The smallest absolute Gasteiger partial charge is 0.162 e. The number of fused-ring (bicyclic) bond motifs is 6. The van der Waals surface area contributed by atoms with Gasteiger partial charge in [-0.2, -0.15) is 0 Å². The van der Waals surface area contributed by atoms with E-state index < -0.39 is 12.0 Å². The summed E-state index contributed by atoms with van der Waals surface area (Å²) in [5.41, 5.74) is 4.58. The third-order valence-corrected chi connectivity index (χ3v) is 24.1. The number of rotatable bonds is 69. The number of allylic oxidation sites excluding steroid dienone is 2. The van der Waals surface area contributed by atoms with E-state index in [0.717, 1.165) is 103 Å². The maximum Gasteiger partial charge on any atom is 0.162 e. The van der Waals surface area contributed by atoms with E-state index in [1.807, 2.05) is 6.92 Å². The van der Waals surface area contributed by atoms with Gasteiger partial charge in [0.1, 0.15) is 17.2 Å². The molecular formula is C101H166O8. The summed E-state index contributed by atoms with van der Waals surface area (Å²) in [7, 11) is 0. The Labute approximate surface area is 669 Å². The molecule has 3 aromatic carbocycles. The van der Waals surface area contributed by atoms with Gasteiger partial charge in [-0.15, -0.1) is 0 Å². The van der Waals surface area contributed by atoms with E-state index in [0.29, 0.717) is 81.3 Å². The van der Waals surface area contributed by atoms with Gasteiger partial charge in [0.05, 0.1) is 6.10 Å². The lowest BCUT2D eigenvalue weighted by Crippen LogP contribution is -2.24. The summed E-state index contributed by atoms with van der Waals surface area (Å²) in [4.78, 5) is 58.0. The normalized spacial score (nSPS) is 14.3. The Morgan fingerprint density at radius 1 is 0.303 bits per heavy atom. The Bertz CT molecular complexity index is 2930. The number of unbranched alkanes of at least 4 members (excludes halogenated alkanes) is 56. The van der Waals surface area contributed by atoms with Crippen molar-refractivity contribution >= 4 is 23.1 Å². The first kappa shape index (κ1) is 96.5. The molecule has 8 heteroatoms. The van der Waals surface area contributed by atoms with Gasteiger partial charge in [0.25, 0.3) is 0 Å². The number of carbonyl (C=O) groups is 4. The summed E-state index contributed by atoms with van der Waals surface area (Å²) in [5.74, 6) is -0.983. The highest BCUT2D eigenvalue weighted by Crippen LogP contribution is 2.40. The summed E-state index contributed by atoms with van der Waals surface area (Å²) in [6.07, 6.45) is 75.6. The molecule has 8 nitrogen and oxygen atoms in total. The predicted molar refractivity (Wildman–Crippen MR) is 466 cm³/mol. The molecule has 618 valence electrons. The van der Waals surface area contributed by atoms with Crippen LogP contribution in [0.3, 0.4) is 0 Å². The van der Waals surface area contributed by atoms with Crippen LogP contribution in [0.4, 0.5) is 0 Å². The van der Waals surface area contributed by atoms with Crippen LogP contribution in [0.2, 0.25) is 0 Å². The monoisotopic (exact) mass is 1510 g/mol. The van der Waals surface area contributed by atoms with Gasteiger partial charge >= 0.3 is 0 Å². The number of benzene rings is 3. The van der Waals surface area contributed by atoms with Crippen molar-refractivity contribution in [2.45, 2.75) is 477 Å². The minimum absolute atomic E-state index is 0.0101. The molecule has 4 N–H and O–H groups in total. The first-order valence-corrected chi connectivity index (χ1v) is 47.0. The number of ketones is 4. The van der Waals surface area contributed by atoms with E-state index >= 15 is 0 Å². The van der Waals surface area contributed by atoms with Crippen LogP contribution < -0.4 is 0 Å². The predicted octanol–water partition coefficient (Wildman–Crippen LogP) is 30.7. The zero-order valence-corrected chi connectivity index (χ0v) is 71.4. The second-order valence-corrected chi connectivity index (χ2v) is 34.3. The van der Waals surface area contributed by atoms with Gasteiger partial charge in [0.2, 0.25) is 0 Å². The third-order valence-electron chi connectivity index (χ3n) is 24.1. The molecule has 0 saturated heterocycles. The highest BCUT2D eigenvalue weighted by atomic mass is 16.3. The van der Waals surface area contributed by atoms with Gasteiger partial charge < -0.3 is 20.4 Å².